The first-order valence-electron chi connectivity index (χ1n) is 10.3. The molecule has 3 aromatic rings. The SMILES string of the molecule is CN1CCN(Cc2ccc(-c3nc(CC(=O)NCc4ccncc4)cs3)cc2)CC1. The molecule has 0 spiro atoms. The van der Waals surface area contributed by atoms with E-state index in [0.717, 1.165) is 54.6 Å². The Morgan fingerprint density at radius 3 is 2.50 bits per heavy atom. The van der Waals surface area contributed by atoms with Crippen LogP contribution in [-0.2, 0) is 24.3 Å². The van der Waals surface area contributed by atoms with Crippen molar-refractivity contribution < 1.29 is 4.79 Å². The summed E-state index contributed by atoms with van der Waals surface area (Å²) in [6, 6.07) is 12.4. The fourth-order valence-corrected chi connectivity index (χ4v) is 4.29. The highest BCUT2D eigenvalue weighted by molar-refractivity contribution is 7.13. The second kappa shape index (κ2) is 9.93. The summed E-state index contributed by atoms with van der Waals surface area (Å²) >= 11 is 1.59. The van der Waals surface area contributed by atoms with Crippen molar-refractivity contribution >= 4 is 17.2 Å². The van der Waals surface area contributed by atoms with Crippen LogP contribution in [0.5, 0.6) is 0 Å². The Morgan fingerprint density at radius 2 is 1.77 bits per heavy atom. The first kappa shape index (κ1) is 20.7. The second-order valence-electron chi connectivity index (χ2n) is 7.73. The zero-order valence-electron chi connectivity index (χ0n) is 17.3. The summed E-state index contributed by atoms with van der Waals surface area (Å²) in [6.45, 7) is 6.02. The maximum absolute atomic E-state index is 12.2. The quantitative estimate of drug-likeness (QED) is 0.636. The summed E-state index contributed by atoms with van der Waals surface area (Å²) in [5.41, 5.74) is 4.28. The highest BCUT2D eigenvalue weighted by Crippen LogP contribution is 2.24. The lowest BCUT2D eigenvalue weighted by Gasteiger charge is -2.32. The van der Waals surface area contributed by atoms with Crippen LogP contribution >= 0.6 is 11.3 Å². The zero-order valence-corrected chi connectivity index (χ0v) is 18.1. The van der Waals surface area contributed by atoms with Gasteiger partial charge in [-0.25, -0.2) is 4.98 Å². The summed E-state index contributed by atoms with van der Waals surface area (Å²) < 4.78 is 0. The van der Waals surface area contributed by atoms with Crippen molar-refractivity contribution in [2.45, 2.75) is 19.5 Å². The molecular formula is C23H27N5OS. The van der Waals surface area contributed by atoms with Gasteiger partial charge in [0.2, 0.25) is 5.91 Å². The van der Waals surface area contributed by atoms with Crippen molar-refractivity contribution in [1.82, 2.24) is 25.1 Å². The third kappa shape index (κ3) is 5.72. The Balaban J connectivity index is 1.29. The smallest absolute Gasteiger partial charge is 0.226 e. The molecule has 0 atom stereocenters. The van der Waals surface area contributed by atoms with Crippen molar-refractivity contribution in [1.29, 1.82) is 0 Å². The lowest BCUT2D eigenvalue weighted by atomic mass is 10.1. The molecular weight excluding hydrogens is 394 g/mol. The van der Waals surface area contributed by atoms with Gasteiger partial charge < -0.3 is 10.2 Å². The van der Waals surface area contributed by atoms with Gasteiger partial charge in [-0.05, 0) is 30.3 Å². The lowest BCUT2D eigenvalue weighted by Crippen LogP contribution is -2.43. The molecule has 7 heteroatoms. The first-order valence-corrected chi connectivity index (χ1v) is 11.1. The predicted molar refractivity (Wildman–Crippen MR) is 120 cm³/mol. The third-order valence-electron chi connectivity index (χ3n) is 5.34. The topological polar surface area (TPSA) is 61.4 Å². The van der Waals surface area contributed by atoms with Gasteiger partial charge in [-0.1, -0.05) is 24.3 Å². The minimum atomic E-state index is -0.0220. The molecule has 156 valence electrons. The average molecular weight is 422 g/mol. The molecule has 0 bridgehead atoms. The Morgan fingerprint density at radius 1 is 1.03 bits per heavy atom. The number of nitrogens with zero attached hydrogens (tertiary/aromatic N) is 4. The van der Waals surface area contributed by atoms with Crippen LogP contribution in [0.2, 0.25) is 0 Å². The molecule has 1 N–H and O–H groups in total. The van der Waals surface area contributed by atoms with E-state index >= 15 is 0 Å². The van der Waals surface area contributed by atoms with Gasteiger partial charge in [0.15, 0.2) is 0 Å². The molecule has 2 aromatic heterocycles. The summed E-state index contributed by atoms with van der Waals surface area (Å²) in [7, 11) is 2.18. The number of aromatic nitrogens is 2. The van der Waals surface area contributed by atoms with E-state index in [1.165, 1.54) is 5.56 Å². The van der Waals surface area contributed by atoms with Crippen molar-refractivity contribution in [3.05, 3.63) is 71.0 Å². The molecule has 1 aliphatic rings. The van der Waals surface area contributed by atoms with Crippen molar-refractivity contribution in [2.24, 2.45) is 0 Å². The first-order chi connectivity index (χ1) is 14.7. The number of piperazine rings is 1. The van der Waals surface area contributed by atoms with Crippen LogP contribution < -0.4 is 5.32 Å². The summed E-state index contributed by atoms with van der Waals surface area (Å²) in [5, 5.41) is 5.86. The normalized spacial score (nSPS) is 15.2. The molecule has 1 saturated heterocycles. The average Bonchev–Trinajstić information content (AvgIpc) is 3.23. The summed E-state index contributed by atoms with van der Waals surface area (Å²) in [4.78, 5) is 25.7. The van der Waals surface area contributed by atoms with E-state index in [1.54, 1.807) is 23.7 Å². The third-order valence-corrected chi connectivity index (χ3v) is 6.28. The maximum atomic E-state index is 12.2. The van der Waals surface area contributed by atoms with E-state index < -0.39 is 0 Å². The largest absolute Gasteiger partial charge is 0.352 e. The Bertz CT molecular complexity index is 949. The number of hydrogen-bond acceptors (Lipinski definition) is 6. The predicted octanol–water partition coefficient (Wildman–Crippen LogP) is 2.81. The van der Waals surface area contributed by atoms with Crippen molar-refractivity contribution in [2.75, 3.05) is 33.2 Å². The second-order valence-corrected chi connectivity index (χ2v) is 8.59. The number of thiazole rings is 1. The zero-order chi connectivity index (χ0) is 20.8. The van der Waals surface area contributed by atoms with Crippen LogP contribution in [0.25, 0.3) is 10.6 Å². The molecule has 0 unspecified atom stereocenters. The van der Waals surface area contributed by atoms with Crippen molar-refractivity contribution in [3.63, 3.8) is 0 Å². The summed E-state index contributed by atoms with van der Waals surface area (Å²) in [6.07, 6.45) is 3.75. The molecule has 1 aromatic carbocycles. The Labute approximate surface area is 181 Å². The van der Waals surface area contributed by atoms with E-state index in [4.69, 9.17) is 0 Å². The van der Waals surface area contributed by atoms with E-state index in [-0.39, 0.29) is 5.91 Å². The fraction of sp³-hybridized carbons (Fsp3) is 0.348. The van der Waals surface area contributed by atoms with Gasteiger partial charge in [0, 0.05) is 62.6 Å². The molecule has 30 heavy (non-hydrogen) atoms. The van der Waals surface area contributed by atoms with Crippen LogP contribution in [-0.4, -0.2) is 58.9 Å². The van der Waals surface area contributed by atoms with Gasteiger partial charge in [0.05, 0.1) is 12.1 Å². The van der Waals surface area contributed by atoms with Gasteiger partial charge >= 0.3 is 0 Å². The molecule has 0 saturated carbocycles. The molecule has 1 amide bonds. The fourth-order valence-electron chi connectivity index (χ4n) is 3.47. The number of pyridine rings is 1. The van der Waals surface area contributed by atoms with Crippen LogP contribution in [0.3, 0.4) is 0 Å². The minimum absolute atomic E-state index is 0.0220. The monoisotopic (exact) mass is 421 g/mol. The highest BCUT2D eigenvalue weighted by Gasteiger charge is 2.14. The number of nitrogens with one attached hydrogen (secondary N) is 1. The molecule has 1 fully saturated rings. The number of benzene rings is 1. The highest BCUT2D eigenvalue weighted by atomic mass is 32.1. The lowest BCUT2D eigenvalue weighted by molar-refractivity contribution is -0.120. The van der Waals surface area contributed by atoms with E-state index in [1.807, 2.05) is 17.5 Å². The van der Waals surface area contributed by atoms with Gasteiger partial charge in [-0.2, -0.15) is 0 Å². The van der Waals surface area contributed by atoms with Crippen molar-refractivity contribution in [3.8, 4) is 10.6 Å². The molecule has 0 radical (unpaired) electrons. The van der Waals surface area contributed by atoms with Gasteiger partial charge in [-0.3, -0.25) is 14.7 Å². The number of likely N-dealkylation sites (N-methyl/N-ethyl adjacent to an activating group) is 1. The van der Waals surface area contributed by atoms with E-state index in [2.05, 4.69) is 56.4 Å². The molecule has 4 rings (SSSR count). The minimum Gasteiger partial charge on any atom is -0.352 e. The maximum Gasteiger partial charge on any atom is 0.226 e. The molecule has 6 nitrogen and oxygen atoms in total. The molecule has 3 heterocycles. The molecule has 1 aliphatic heterocycles. The summed E-state index contributed by atoms with van der Waals surface area (Å²) in [5.74, 6) is -0.0220. The van der Waals surface area contributed by atoms with Gasteiger partial charge in [0.1, 0.15) is 5.01 Å². The Kier molecular flexibility index (Phi) is 6.84. The van der Waals surface area contributed by atoms with E-state index in [0.29, 0.717) is 13.0 Å². The number of carbonyl (C=O) groups excluding carboxylic acids is 1. The standard InChI is InChI=1S/C23H27N5OS/c1-27-10-12-28(13-11-27)16-19-2-4-20(5-3-19)23-26-21(17-30-23)14-22(29)25-15-18-6-8-24-9-7-18/h2-9,17H,10-16H2,1H3,(H,25,29). The van der Waals surface area contributed by atoms with Gasteiger partial charge in [0.25, 0.3) is 0 Å². The number of carbonyl (C=O) groups is 1. The number of hydrogen-bond donors (Lipinski definition) is 1. The van der Waals surface area contributed by atoms with Crippen LogP contribution in [0.1, 0.15) is 16.8 Å². The van der Waals surface area contributed by atoms with Crippen LogP contribution in [0, 0.1) is 0 Å². The Hall–Kier alpha value is -2.61. The van der Waals surface area contributed by atoms with Crippen LogP contribution in [0.4, 0.5) is 0 Å². The number of amides is 1. The van der Waals surface area contributed by atoms with Crippen LogP contribution in [0.15, 0.2) is 54.2 Å². The van der Waals surface area contributed by atoms with E-state index in [9.17, 15) is 4.79 Å². The molecule has 0 aliphatic carbocycles. The number of rotatable bonds is 7. The van der Waals surface area contributed by atoms with Gasteiger partial charge in [-0.15, -0.1) is 11.3 Å².